The lowest BCUT2D eigenvalue weighted by atomic mass is 10.2. The first-order chi connectivity index (χ1) is 15.2. The number of aromatic nitrogens is 2. The van der Waals surface area contributed by atoms with E-state index < -0.39 is 0 Å². The number of aryl methyl sites for hydroxylation is 1. The summed E-state index contributed by atoms with van der Waals surface area (Å²) in [5.74, 6) is 1.92. The standard InChI is InChI=1S/C24H30N4O3/c1-3-28(20-9-5-4-6-10-20)18-8-17-25-22(29)11-7-12-23-26-24(27-31-23)19-13-15-21(30-2)16-14-19/h4-6,9-10,13-16H,3,7-8,11-12,17-18H2,1-2H3,(H,25,29). The lowest BCUT2D eigenvalue weighted by molar-refractivity contribution is -0.121. The first-order valence-corrected chi connectivity index (χ1v) is 10.7. The maximum Gasteiger partial charge on any atom is 0.226 e. The number of methoxy groups -OCH3 is 1. The molecule has 7 heteroatoms. The van der Waals surface area contributed by atoms with Gasteiger partial charge < -0.3 is 19.5 Å². The maximum atomic E-state index is 12.1. The third-order valence-corrected chi connectivity index (χ3v) is 5.04. The van der Waals surface area contributed by atoms with Crippen molar-refractivity contribution >= 4 is 11.6 Å². The van der Waals surface area contributed by atoms with Gasteiger partial charge in [0.2, 0.25) is 17.6 Å². The molecule has 0 unspecified atom stereocenters. The van der Waals surface area contributed by atoms with Crippen molar-refractivity contribution in [3.8, 4) is 17.1 Å². The van der Waals surface area contributed by atoms with Gasteiger partial charge in [0.15, 0.2) is 0 Å². The van der Waals surface area contributed by atoms with E-state index in [4.69, 9.17) is 9.26 Å². The first kappa shape index (κ1) is 22.3. The van der Waals surface area contributed by atoms with Gasteiger partial charge in [0, 0.05) is 43.7 Å². The van der Waals surface area contributed by atoms with Gasteiger partial charge in [-0.05, 0) is 56.2 Å². The second-order valence-electron chi connectivity index (χ2n) is 7.21. The molecular weight excluding hydrogens is 392 g/mol. The summed E-state index contributed by atoms with van der Waals surface area (Å²) in [6.45, 7) is 4.67. The number of ether oxygens (including phenoxy) is 1. The number of carbonyl (C=O) groups excluding carboxylic acids is 1. The van der Waals surface area contributed by atoms with E-state index in [0.717, 1.165) is 30.8 Å². The molecule has 164 valence electrons. The smallest absolute Gasteiger partial charge is 0.226 e. The fourth-order valence-electron chi connectivity index (χ4n) is 3.31. The van der Waals surface area contributed by atoms with Crippen molar-refractivity contribution in [3.63, 3.8) is 0 Å². The maximum absolute atomic E-state index is 12.1. The predicted octanol–water partition coefficient (Wildman–Crippen LogP) is 4.10. The molecule has 0 atom stereocenters. The number of rotatable bonds is 12. The van der Waals surface area contributed by atoms with Gasteiger partial charge >= 0.3 is 0 Å². The molecule has 3 aromatic rings. The molecule has 0 aliphatic rings. The fourth-order valence-corrected chi connectivity index (χ4v) is 3.31. The Kier molecular flexibility index (Phi) is 8.46. The zero-order valence-corrected chi connectivity index (χ0v) is 18.2. The zero-order chi connectivity index (χ0) is 21.9. The summed E-state index contributed by atoms with van der Waals surface area (Å²) in [7, 11) is 1.63. The Labute approximate surface area is 183 Å². The normalized spacial score (nSPS) is 10.6. The first-order valence-electron chi connectivity index (χ1n) is 10.7. The molecule has 0 saturated carbocycles. The van der Waals surface area contributed by atoms with Crippen molar-refractivity contribution < 1.29 is 14.1 Å². The summed E-state index contributed by atoms with van der Waals surface area (Å²) >= 11 is 0. The monoisotopic (exact) mass is 422 g/mol. The van der Waals surface area contributed by atoms with Gasteiger partial charge in [0.1, 0.15) is 5.75 Å². The number of carbonyl (C=O) groups is 1. The number of anilines is 1. The molecule has 2 aromatic carbocycles. The summed E-state index contributed by atoms with van der Waals surface area (Å²) in [6.07, 6.45) is 2.59. The Bertz CT molecular complexity index is 926. The van der Waals surface area contributed by atoms with Crippen molar-refractivity contribution in [1.82, 2.24) is 15.5 Å². The van der Waals surface area contributed by atoms with E-state index >= 15 is 0 Å². The summed E-state index contributed by atoms with van der Waals surface area (Å²) in [4.78, 5) is 18.8. The van der Waals surface area contributed by atoms with E-state index in [9.17, 15) is 4.79 Å². The van der Waals surface area contributed by atoms with E-state index in [1.165, 1.54) is 5.69 Å². The lowest BCUT2D eigenvalue weighted by Crippen LogP contribution is -2.29. The molecule has 0 saturated heterocycles. The highest BCUT2D eigenvalue weighted by Gasteiger charge is 2.10. The van der Waals surface area contributed by atoms with Crippen LogP contribution in [0.3, 0.4) is 0 Å². The third-order valence-electron chi connectivity index (χ3n) is 5.04. The van der Waals surface area contributed by atoms with Gasteiger partial charge in [0.05, 0.1) is 7.11 Å². The van der Waals surface area contributed by atoms with Crippen molar-refractivity contribution in [2.75, 3.05) is 31.6 Å². The van der Waals surface area contributed by atoms with Crippen LogP contribution in [0.2, 0.25) is 0 Å². The summed E-state index contributed by atoms with van der Waals surface area (Å²) in [5, 5.41) is 7.02. The summed E-state index contributed by atoms with van der Waals surface area (Å²) < 4.78 is 10.5. The van der Waals surface area contributed by atoms with E-state index in [0.29, 0.717) is 37.5 Å². The largest absolute Gasteiger partial charge is 0.497 e. The van der Waals surface area contributed by atoms with Crippen LogP contribution in [0.5, 0.6) is 5.75 Å². The van der Waals surface area contributed by atoms with Gasteiger partial charge in [-0.15, -0.1) is 0 Å². The highest BCUT2D eigenvalue weighted by Crippen LogP contribution is 2.20. The van der Waals surface area contributed by atoms with Crippen LogP contribution in [0.25, 0.3) is 11.4 Å². The van der Waals surface area contributed by atoms with E-state index in [-0.39, 0.29) is 5.91 Å². The van der Waals surface area contributed by atoms with Gasteiger partial charge in [0.25, 0.3) is 0 Å². The quantitative estimate of drug-likeness (QED) is 0.443. The third kappa shape index (κ3) is 6.84. The number of hydrogen-bond acceptors (Lipinski definition) is 6. The molecule has 1 amide bonds. The minimum absolute atomic E-state index is 0.0534. The number of amides is 1. The Hall–Kier alpha value is -3.35. The Morgan fingerprint density at radius 3 is 2.58 bits per heavy atom. The van der Waals surface area contributed by atoms with Gasteiger partial charge in [-0.25, -0.2) is 0 Å². The topological polar surface area (TPSA) is 80.5 Å². The van der Waals surface area contributed by atoms with Crippen LogP contribution in [0.4, 0.5) is 5.69 Å². The number of benzene rings is 2. The number of nitrogens with one attached hydrogen (secondary N) is 1. The highest BCUT2D eigenvalue weighted by atomic mass is 16.5. The Balaban J connectivity index is 1.33. The van der Waals surface area contributed by atoms with Crippen LogP contribution >= 0.6 is 0 Å². The molecule has 1 N–H and O–H groups in total. The fraction of sp³-hybridized carbons (Fsp3) is 0.375. The number of nitrogens with zero attached hydrogens (tertiary/aromatic N) is 3. The molecule has 3 rings (SSSR count). The minimum Gasteiger partial charge on any atom is -0.497 e. The lowest BCUT2D eigenvalue weighted by Gasteiger charge is -2.23. The zero-order valence-electron chi connectivity index (χ0n) is 18.2. The van der Waals surface area contributed by atoms with Gasteiger partial charge in [-0.2, -0.15) is 4.98 Å². The predicted molar refractivity (Wildman–Crippen MR) is 121 cm³/mol. The molecular formula is C24H30N4O3. The van der Waals surface area contributed by atoms with Crippen LogP contribution < -0.4 is 15.0 Å². The molecule has 0 bridgehead atoms. The molecule has 0 fully saturated rings. The minimum atomic E-state index is 0.0534. The number of para-hydroxylation sites is 1. The van der Waals surface area contributed by atoms with Crippen LogP contribution in [-0.2, 0) is 11.2 Å². The van der Waals surface area contributed by atoms with E-state index in [1.54, 1.807) is 7.11 Å². The summed E-state index contributed by atoms with van der Waals surface area (Å²) in [6, 6.07) is 17.8. The molecule has 7 nitrogen and oxygen atoms in total. The molecule has 31 heavy (non-hydrogen) atoms. The van der Waals surface area contributed by atoms with Crippen LogP contribution in [0, 0.1) is 0 Å². The molecule has 1 aromatic heterocycles. The van der Waals surface area contributed by atoms with Crippen LogP contribution in [0.1, 0.15) is 32.1 Å². The summed E-state index contributed by atoms with van der Waals surface area (Å²) in [5.41, 5.74) is 2.08. The molecule has 1 heterocycles. The molecule has 0 aliphatic carbocycles. The SMILES string of the molecule is CCN(CCCNC(=O)CCCc1nc(-c2ccc(OC)cc2)no1)c1ccccc1. The average Bonchev–Trinajstić information content (AvgIpc) is 3.28. The molecule has 0 aliphatic heterocycles. The van der Waals surface area contributed by atoms with Crippen molar-refractivity contribution in [3.05, 3.63) is 60.5 Å². The van der Waals surface area contributed by atoms with E-state index in [1.807, 2.05) is 42.5 Å². The Morgan fingerprint density at radius 1 is 1.10 bits per heavy atom. The van der Waals surface area contributed by atoms with Crippen LogP contribution in [-0.4, -0.2) is 42.8 Å². The van der Waals surface area contributed by atoms with Gasteiger partial charge in [-0.3, -0.25) is 4.79 Å². The average molecular weight is 423 g/mol. The second kappa shape index (κ2) is 11.7. The van der Waals surface area contributed by atoms with Crippen molar-refractivity contribution in [2.45, 2.75) is 32.6 Å². The highest BCUT2D eigenvalue weighted by molar-refractivity contribution is 5.75. The molecule has 0 radical (unpaired) electrons. The van der Waals surface area contributed by atoms with Crippen molar-refractivity contribution in [1.29, 1.82) is 0 Å². The van der Waals surface area contributed by atoms with Crippen molar-refractivity contribution in [2.24, 2.45) is 0 Å². The van der Waals surface area contributed by atoms with E-state index in [2.05, 4.69) is 39.4 Å². The molecule has 0 spiro atoms. The van der Waals surface area contributed by atoms with Gasteiger partial charge in [-0.1, -0.05) is 23.4 Å². The van der Waals surface area contributed by atoms with Crippen LogP contribution in [0.15, 0.2) is 59.1 Å². The Morgan fingerprint density at radius 2 is 1.87 bits per heavy atom. The number of hydrogen-bond donors (Lipinski definition) is 1. The second-order valence-corrected chi connectivity index (χ2v) is 7.21.